The van der Waals surface area contributed by atoms with Gasteiger partial charge in [-0.15, -0.1) is 11.3 Å². The minimum Gasteiger partial charge on any atom is -0.366 e. The van der Waals surface area contributed by atoms with Gasteiger partial charge in [0.05, 0.1) is 11.4 Å². The molecule has 1 N–H and O–H groups in total. The van der Waals surface area contributed by atoms with E-state index in [1.165, 1.54) is 17.4 Å². The van der Waals surface area contributed by atoms with E-state index >= 15 is 0 Å². The predicted molar refractivity (Wildman–Crippen MR) is 107 cm³/mol. The molecule has 2 aromatic carbocycles. The fraction of sp³-hybridized carbons (Fsp3) is 0.200. The van der Waals surface area contributed by atoms with Gasteiger partial charge in [-0.05, 0) is 12.1 Å². The molecule has 1 fully saturated rings. The number of aromatic nitrogens is 1. The molecule has 1 aromatic heterocycles. The Labute approximate surface area is 161 Å². The molecule has 1 saturated heterocycles. The number of hydrogen-bond acceptors (Lipinski definition) is 4. The number of thiazole rings is 1. The van der Waals surface area contributed by atoms with Crippen LogP contribution in [-0.2, 0) is 0 Å². The van der Waals surface area contributed by atoms with Crippen LogP contribution in [0.2, 0.25) is 0 Å². The number of piperazine rings is 1. The van der Waals surface area contributed by atoms with E-state index in [1.807, 2.05) is 46.7 Å². The van der Waals surface area contributed by atoms with E-state index in [0.717, 1.165) is 11.3 Å². The monoisotopic (exact) mass is 382 g/mol. The van der Waals surface area contributed by atoms with Crippen molar-refractivity contribution < 1.29 is 9.18 Å². The number of carbonyl (C=O) groups excluding carboxylic acids is 1. The second-order valence-corrected chi connectivity index (χ2v) is 7.12. The van der Waals surface area contributed by atoms with Gasteiger partial charge in [-0.2, -0.15) is 0 Å². The van der Waals surface area contributed by atoms with Crippen molar-refractivity contribution in [2.75, 3.05) is 36.4 Å². The summed E-state index contributed by atoms with van der Waals surface area (Å²) in [6, 6.07) is 16.4. The Hall–Kier alpha value is -2.93. The largest absolute Gasteiger partial charge is 0.366 e. The quantitative estimate of drug-likeness (QED) is 0.735. The highest BCUT2D eigenvalue weighted by molar-refractivity contribution is 7.14. The number of halogens is 1. The first-order valence-corrected chi connectivity index (χ1v) is 9.65. The van der Waals surface area contributed by atoms with Crippen molar-refractivity contribution in [3.05, 3.63) is 65.8 Å². The fourth-order valence-electron chi connectivity index (χ4n) is 3.10. The van der Waals surface area contributed by atoms with Crippen LogP contribution in [0.1, 0.15) is 0 Å². The zero-order valence-electron chi connectivity index (χ0n) is 14.6. The van der Waals surface area contributed by atoms with Crippen molar-refractivity contribution in [1.82, 2.24) is 9.88 Å². The molecule has 4 rings (SSSR count). The number of anilines is 2. The Morgan fingerprint density at radius 2 is 1.70 bits per heavy atom. The van der Waals surface area contributed by atoms with Crippen LogP contribution in [-0.4, -0.2) is 42.1 Å². The minimum atomic E-state index is -0.230. The fourth-order valence-corrected chi connectivity index (χ4v) is 3.81. The number of hydrogen-bond donors (Lipinski definition) is 1. The summed E-state index contributed by atoms with van der Waals surface area (Å²) in [5.41, 5.74) is 2.46. The second-order valence-electron chi connectivity index (χ2n) is 6.26. The van der Waals surface area contributed by atoms with Gasteiger partial charge in [0.1, 0.15) is 5.82 Å². The van der Waals surface area contributed by atoms with Gasteiger partial charge >= 0.3 is 6.03 Å². The van der Waals surface area contributed by atoms with Crippen molar-refractivity contribution in [2.45, 2.75) is 0 Å². The SMILES string of the molecule is O=C(Nc1nc(-c2ccccc2)cs1)N1CCN(c2ccccc2F)CC1. The summed E-state index contributed by atoms with van der Waals surface area (Å²) in [7, 11) is 0. The van der Waals surface area contributed by atoms with Gasteiger partial charge in [-0.25, -0.2) is 14.2 Å². The van der Waals surface area contributed by atoms with E-state index in [0.29, 0.717) is 37.0 Å². The molecule has 0 unspecified atom stereocenters. The standard InChI is InChI=1S/C20H19FN4OS/c21-16-8-4-5-9-18(16)24-10-12-25(13-11-24)20(26)23-19-22-17(14-27-19)15-6-2-1-3-7-15/h1-9,14H,10-13H2,(H,22,23,26). The van der Waals surface area contributed by atoms with Crippen LogP contribution in [0.5, 0.6) is 0 Å². The zero-order chi connectivity index (χ0) is 18.6. The van der Waals surface area contributed by atoms with Gasteiger partial charge in [-0.3, -0.25) is 5.32 Å². The van der Waals surface area contributed by atoms with Crippen LogP contribution in [0.25, 0.3) is 11.3 Å². The number of rotatable bonds is 3. The minimum absolute atomic E-state index is 0.169. The topological polar surface area (TPSA) is 48.5 Å². The maximum Gasteiger partial charge on any atom is 0.323 e. The summed E-state index contributed by atoms with van der Waals surface area (Å²) < 4.78 is 13.9. The first kappa shape index (κ1) is 17.5. The van der Waals surface area contributed by atoms with Crippen LogP contribution in [0.15, 0.2) is 60.0 Å². The lowest BCUT2D eigenvalue weighted by molar-refractivity contribution is 0.208. The molecule has 1 aliphatic heterocycles. The molecule has 0 aliphatic carbocycles. The molecule has 138 valence electrons. The normalized spacial score (nSPS) is 14.3. The van der Waals surface area contributed by atoms with Gasteiger partial charge in [-0.1, -0.05) is 42.5 Å². The third-order valence-electron chi connectivity index (χ3n) is 4.55. The predicted octanol–water partition coefficient (Wildman–Crippen LogP) is 4.30. The van der Waals surface area contributed by atoms with E-state index < -0.39 is 0 Å². The summed E-state index contributed by atoms with van der Waals surface area (Å²) in [5.74, 6) is -0.230. The Balaban J connectivity index is 1.35. The summed E-state index contributed by atoms with van der Waals surface area (Å²) >= 11 is 1.41. The smallest absolute Gasteiger partial charge is 0.323 e. The highest BCUT2D eigenvalue weighted by Crippen LogP contribution is 2.25. The lowest BCUT2D eigenvalue weighted by atomic mass is 10.2. The van der Waals surface area contributed by atoms with Crippen LogP contribution >= 0.6 is 11.3 Å². The van der Waals surface area contributed by atoms with Gasteiger partial charge in [0.15, 0.2) is 5.13 Å². The average Bonchev–Trinajstić information content (AvgIpc) is 3.18. The molecule has 2 amide bonds. The lowest BCUT2D eigenvalue weighted by Gasteiger charge is -2.35. The maximum atomic E-state index is 13.9. The molecular weight excluding hydrogens is 363 g/mol. The summed E-state index contributed by atoms with van der Waals surface area (Å²) in [6.45, 7) is 2.27. The van der Waals surface area contributed by atoms with E-state index in [-0.39, 0.29) is 11.8 Å². The summed E-state index contributed by atoms with van der Waals surface area (Å²) in [4.78, 5) is 20.7. The van der Waals surface area contributed by atoms with Crippen molar-refractivity contribution in [1.29, 1.82) is 0 Å². The molecule has 0 spiro atoms. The highest BCUT2D eigenvalue weighted by Gasteiger charge is 2.23. The van der Waals surface area contributed by atoms with Gasteiger partial charge in [0, 0.05) is 37.1 Å². The molecule has 1 aliphatic rings. The molecule has 27 heavy (non-hydrogen) atoms. The van der Waals surface area contributed by atoms with Gasteiger partial charge in [0.2, 0.25) is 0 Å². The molecule has 2 heterocycles. The molecular formula is C20H19FN4OS. The summed E-state index contributed by atoms with van der Waals surface area (Å²) in [5, 5.41) is 5.38. The second kappa shape index (κ2) is 7.75. The van der Waals surface area contributed by atoms with E-state index in [2.05, 4.69) is 10.3 Å². The van der Waals surface area contributed by atoms with Crippen molar-refractivity contribution >= 4 is 28.2 Å². The summed E-state index contributed by atoms with van der Waals surface area (Å²) in [6.07, 6.45) is 0. The first-order valence-electron chi connectivity index (χ1n) is 8.77. The number of urea groups is 1. The third-order valence-corrected chi connectivity index (χ3v) is 5.31. The third kappa shape index (κ3) is 3.93. The maximum absolute atomic E-state index is 13.9. The molecule has 7 heteroatoms. The Kier molecular flexibility index (Phi) is 5.02. The molecule has 3 aromatic rings. The van der Waals surface area contributed by atoms with Crippen LogP contribution in [0.3, 0.4) is 0 Å². The number of amides is 2. The highest BCUT2D eigenvalue weighted by atomic mass is 32.1. The molecule has 0 bridgehead atoms. The van der Waals surface area contributed by atoms with Crippen LogP contribution in [0.4, 0.5) is 20.0 Å². The number of nitrogens with zero attached hydrogens (tertiary/aromatic N) is 3. The molecule has 0 radical (unpaired) electrons. The zero-order valence-corrected chi connectivity index (χ0v) is 15.5. The number of benzene rings is 2. The average molecular weight is 382 g/mol. The number of carbonyl (C=O) groups is 1. The number of para-hydroxylation sites is 1. The van der Waals surface area contributed by atoms with Gasteiger partial charge < -0.3 is 9.80 Å². The first-order chi connectivity index (χ1) is 13.2. The van der Waals surface area contributed by atoms with Gasteiger partial charge in [0.25, 0.3) is 0 Å². The molecule has 5 nitrogen and oxygen atoms in total. The lowest BCUT2D eigenvalue weighted by Crippen LogP contribution is -2.50. The molecule has 0 saturated carbocycles. The van der Waals surface area contributed by atoms with Crippen LogP contribution in [0, 0.1) is 5.82 Å². The molecule has 0 atom stereocenters. The van der Waals surface area contributed by atoms with Crippen molar-refractivity contribution in [3.8, 4) is 11.3 Å². The number of nitrogens with one attached hydrogen (secondary N) is 1. The Morgan fingerprint density at radius 1 is 1.00 bits per heavy atom. The van der Waals surface area contributed by atoms with Crippen molar-refractivity contribution in [3.63, 3.8) is 0 Å². The van der Waals surface area contributed by atoms with Crippen LogP contribution < -0.4 is 10.2 Å². The van der Waals surface area contributed by atoms with Crippen molar-refractivity contribution in [2.24, 2.45) is 0 Å². The van der Waals surface area contributed by atoms with E-state index in [1.54, 1.807) is 17.0 Å². The Bertz CT molecular complexity index is 922. The van der Waals surface area contributed by atoms with E-state index in [4.69, 9.17) is 0 Å². The van der Waals surface area contributed by atoms with E-state index in [9.17, 15) is 9.18 Å². The Morgan fingerprint density at radius 3 is 2.44 bits per heavy atom.